The first kappa shape index (κ1) is 13.6. The lowest BCUT2D eigenvalue weighted by Gasteiger charge is -2.32. The maximum Gasteiger partial charge on any atom is 0.211 e. The van der Waals surface area contributed by atoms with E-state index in [1.807, 2.05) is 12.1 Å². The van der Waals surface area contributed by atoms with Crippen LogP contribution in [0.4, 0.5) is 0 Å². The van der Waals surface area contributed by atoms with Crippen LogP contribution < -0.4 is 5.32 Å². The molecule has 2 heterocycles. The lowest BCUT2D eigenvalue weighted by Crippen LogP contribution is -2.45. The van der Waals surface area contributed by atoms with Gasteiger partial charge in [0.25, 0.3) is 0 Å². The van der Waals surface area contributed by atoms with Crippen molar-refractivity contribution in [3.8, 4) is 0 Å². The first-order valence-electron chi connectivity index (χ1n) is 6.21. The zero-order chi connectivity index (χ0) is 13.2. The summed E-state index contributed by atoms with van der Waals surface area (Å²) in [6.07, 6.45) is 4.63. The first-order valence-corrected chi connectivity index (χ1v) is 8.06. The Hall–Kier alpha value is -0.850. The number of hydrogen-bond acceptors (Lipinski definition) is 4. The van der Waals surface area contributed by atoms with Gasteiger partial charge in [-0.15, -0.1) is 0 Å². The smallest absolute Gasteiger partial charge is 0.211 e. The summed E-state index contributed by atoms with van der Waals surface area (Å²) in [5.41, 5.74) is 0. The Balaban J connectivity index is 1.84. The van der Waals surface area contributed by atoms with E-state index in [4.69, 9.17) is 4.42 Å². The summed E-state index contributed by atoms with van der Waals surface area (Å²) in [6.45, 7) is 3.25. The zero-order valence-electron chi connectivity index (χ0n) is 10.8. The third-order valence-electron chi connectivity index (χ3n) is 3.38. The van der Waals surface area contributed by atoms with Gasteiger partial charge in [0.05, 0.1) is 18.6 Å². The van der Waals surface area contributed by atoms with Gasteiger partial charge in [-0.3, -0.25) is 0 Å². The second-order valence-corrected chi connectivity index (χ2v) is 6.82. The molecule has 1 fully saturated rings. The summed E-state index contributed by atoms with van der Waals surface area (Å²) in [5, 5.41) is 3.48. The van der Waals surface area contributed by atoms with Crippen LogP contribution in [0.5, 0.6) is 0 Å². The highest BCUT2D eigenvalue weighted by molar-refractivity contribution is 7.88. The molecular weight excluding hydrogens is 252 g/mol. The molecular formula is C12H20N2O3S. The standard InChI is InChI=1S/C12H20N2O3S/c1-10(12-4-3-9-17-12)13-11-5-7-14(8-6-11)18(2,15)16/h3-4,9-11,13H,5-8H2,1-2H3. The molecule has 0 bridgehead atoms. The predicted molar refractivity (Wildman–Crippen MR) is 69.7 cm³/mol. The van der Waals surface area contributed by atoms with Gasteiger partial charge >= 0.3 is 0 Å². The van der Waals surface area contributed by atoms with E-state index >= 15 is 0 Å². The van der Waals surface area contributed by atoms with Crippen LogP contribution in [-0.4, -0.2) is 38.1 Å². The third-order valence-corrected chi connectivity index (χ3v) is 4.68. The van der Waals surface area contributed by atoms with Crippen molar-refractivity contribution in [3.05, 3.63) is 24.2 Å². The van der Waals surface area contributed by atoms with Gasteiger partial charge < -0.3 is 9.73 Å². The second kappa shape index (κ2) is 5.42. The average Bonchev–Trinajstić information content (AvgIpc) is 2.82. The summed E-state index contributed by atoms with van der Waals surface area (Å²) >= 11 is 0. The lowest BCUT2D eigenvalue weighted by atomic mass is 10.1. The van der Waals surface area contributed by atoms with E-state index in [9.17, 15) is 8.42 Å². The topological polar surface area (TPSA) is 62.6 Å². The minimum atomic E-state index is -3.03. The molecule has 1 N–H and O–H groups in total. The van der Waals surface area contributed by atoms with Crippen molar-refractivity contribution in [2.75, 3.05) is 19.3 Å². The van der Waals surface area contributed by atoms with E-state index in [0.717, 1.165) is 18.6 Å². The van der Waals surface area contributed by atoms with Crippen LogP contribution in [0.15, 0.2) is 22.8 Å². The highest BCUT2D eigenvalue weighted by Crippen LogP contribution is 2.18. The molecule has 0 aromatic carbocycles. The quantitative estimate of drug-likeness (QED) is 0.899. The summed E-state index contributed by atoms with van der Waals surface area (Å²) in [6, 6.07) is 4.33. The monoisotopic (exact) mass is 272 g/mol. The third kappa shape index (κ3) is 3.34. The molecule has 5 nitrogen and oxygen atoms in total. The van der Waals surface area contributed by atoms with Gasteiger partial charge in [0, 0.05) is 19.1 Å². The molecule has 102 valence electrons. The number of sulfonamides is 1. The summed E-state index contributed by atoms with van der Waals surface area (Å²) in [5.74, 6) is 0.917. The Morgan fingerprint density at radius 3 is 2.61 bits per heavy atom. The molecule has 0 saturated carbocycles. The molecule has 0 radical (unpaired) electrons. The maximum absolute atomic E-state index is 11.4. The normalized spacial score (nSPS) is 21.0. The molecule has 1 atom stereocenters. The van der Waals surface area contributed by atoms with Gasteiger partial charge in [-0.25, -0.2) is 12.7 Å². The summed E-state index contributed by atoms with van der Waals surface area (Å²) in [7, 11) is -3.03. The van der Waals surface area contributed by atoms with E-state index in [0.29, 0.717) is 19.1 Å². The first-order chi connectivity index (χ1) is 8.47. The minimum absolute atomic E-state index is 0.162. The largest absolute Gasteiger partial charge is 0.468 e. The van der Waals surface area contributed by atoms with Crippen LogP contribution in [0.3, 0.4) is 0 Å². The fourth-order valence-corrected chi connectivity index (χ4v) is 3.20. The molecule has 0 amide bonds. The van der Waals surface area contributed by atoms with Crippen LogP contribution in [0.1, 0.15) is 31.6 Å². The van der Waals surface area contributed by atoms with Crippen LogP contribution >= 0.6 is 0 Å². The molecule has 1 aliphatic heterocycles. The second-order valence-electron chi connectivity index (χ2n) is 4.84. The van der Waals surface area contributed by atoms with Gasteiger partial charge in [-0.2, -0.15) is 0 Å². The fourth-order valence-electron chi connectivity index (χ4n) is 2.33. The van der Waals surface area contributed by atoms with Gasteiger partial charge in [0.1, 0.15) is 5.76 Å². The molecule has 1 aromatic rings. The zero-order valence-corrected chi connectivity index (χ0v) is 11.6. The van der Waals surface area contributed by atoms with Crippen LogP contribution in [0, 0.1) is 0 Å². The van der Waals surface area contributed by atoms with Crippen LogP contribution in [0.2, 0.25) is 0 Å². The van der Waals surface area contributed by atoms with E-state index in [2.05, 4.69) is 12.2 Å². The highest BCUT2D eigenvalue weighted by Gasteiger charge is 2.25. The Labute approximate surface area is 108 Å². The molecule has 0 spiro atoms. The fraction of sp³-hybridized carbons (Fsp3) is 0.667. The van der Waals surface area contributed by atoms with Crippen molar-refractivity contribution in [1.82, 2.24) is 9.62 Å². The van der Waals surface area contributed by atoms with Crippen molar-refractivity contribution in [1.29, 1.82) is 0 Å². The van der Waals surface area contributed by atoms with Gasteiger partial charge in [-0.05, 0) is 31.9 Å². The van der Waals surface area contributed by atoms with Crippen molar-refractivity contribution in [3.63, 3.8) is 0 Å². The van der Waals surface area contributed by atoms with Crippen molar-refractivity contribution in [2.24, 2.45) is 0 Å². The Morgan fingerprint density at radius 2 is 2.11 bits per heavy atom. The molecule has 6 heteroatoms. The highest BCUT2D eigenvalue weighted by atomic mass is 32.2. The number of nitrogens with zero attached hydrogens (tertiary/aromatic N) is 1. The Kier molecular flexibility index (Phi) is 4.09. The van der Waals surface area contributed by atoms with E-state index in [1.54, 1.807) is 10.6 Å². The van der Waals surface area contributed by atoms with Crippen LogP contribution in [-0.2, 0) is 10.0 Å². The number of furan rings is 1. The average molecular weight is 272 g/mol. The van der Waals surface area contributed by atoms with Gasteiger partial charge in [-0.1, -0.05) is 0 Å². The molecule has 2 rings (SSSR count). The van der Waals surface area contributed by atoms with E-state index < -0.39 is 10.0 Å². The molecule has 18 heavy (non-hydrogen) atoms. The van der Waals surface area contributed by atoms with Crippen molar-refractivity contribution >= 4 is 10.0 Å². The maximum atomic E-state index is 11.4. The van der Waals surface area contributed by atoms with Crippen molar-refractivity contribution < 1.29 is 12.8 Å². The summed E-state index contributed by atoms with van der Waals surface area (Å²) < 4.78 is 29.7. The lowest BCUT2D eigenvalue weighted by molar-refractivity contribution is 0.269. The van der Waals surface area contributed by atoms with Gasteiger partial charge in [0.15, 0.2) is 0 Å². The predicted octanol–water partition coefficient (Wildman–Crippen LogP) is 1.35. The van der Waals surface area contributed by atoms with Gasteiger partial charge in [0.2, 0.25) is 10.0 Å². The minimum Gasteiger partial charge on any atom is -0.468 e. The molecule has 1 aromatic heterocycles. The Bertz CT molecular complexity index is 462. The Morgan fingerprint density at radius 1 is 1.44 bits per heavy atom. The van der Waals surface area contributed by atoms with E-state index in [-0.39, 0.29) is 6.04 Å². The number of nitrogens with one attached hydrogen (secondary N) is 1. The molecule has 1 unspecified atom stereocenters. The van der Waals surface area contributed by atoms with Crippen molar-refractivity contribution in [2.45, 2.75) is 31.8 Å². The number of rotatable bonds is 4. The van der Waals surface area contributed by atoms with E-state index in [1.165, 1.54) is 6.26 Å². The molecule has 0 aliphatic carbocycles. The molecule has 1 aliphatic rings. The molecule has 1 saturated heterocycles. The number of piperidine rings is 1. The summed E-state index contributed by atoms with van der Waals surface area (Å²) in [4.78, 5) is 0. The van der Waals surface area contributed by atoms with Crippen LogP contribution in [0.25, 0.3) is 0 Å². The SMILES string of the molecule is CC(NC1CCN(S(C)(=O)=O)CC1)c1ccco1. The number of hydrogen-bond donors (Lipinski definition) is 1.